The second-order valence-electron chi connectivity index (χ2n) is 5.02. The fourth-order valence-electron chi connectivity index (χ4n) is 2.25. The van der Waals surface area contributed by atoms with Gasteiger partial charge in [0.1, 0.15) is 5.69 Å². The van der Waals surface area contributed by atoms with Crippen molar-refractivity contribution in [1.82, 2.24) is 4.57 Å². The fourth-order valence-corrected chi connectivity index (χ4v) is 2.68. The van der Waals surface area contributed by atoms with Crippen LogP contribution in [0.25, 0.3) is 0 Å². The van der Waals surface area contributed by atoms with Crippen molar-refractivity contribution in [3.8, 4) is 11.5 Å². The zero-order valence-electron chi connectivity index (χ0n) is 11.5. The molecule has 1 heterocycles. The van der Waals surface area contributed by atoms with Crippen LogP contribution in [-0.4, -0.2) is 22.7 Å². The van der Waals surface area contributed by atoms with E-state index in [1.165, 1.54) is 13.2 Å². The van der Waals surface area contributed by atoms with Crippen molar-refractivity contribution in [2.75, 3.05) is 12.4 Å². The Bertz CT molecular complexity index is 692. The van der Waals surface area contributed by atoms with Crippen molar-refractivity contribution in [2.24, 2.45) is 0 Å². The van der Waals surface area contributed by atoms with E-state index in [9.17, 15) is 9.90 Å². The normalized spacial score (nSPS) is 14.0. The van der Waals surface area contributed by atoms with Crippen LogP contribution in [0.2, 0.25) is 0 Å². The van der Waals surface area contributed by atoms with Gasteiger partial charge in [0.25, 0.3) is 5.91 Å². The zero-order valence-corrected chi connectivity index (χ0v) is 13.1. The van der Waals surface area contributed by atoms with Gasteiger partial charge in [0.2, 0.25) is 0 Å². The Morgan fingerprint density at radius 1 is 1.43 bits per heavy atom. The molecule has 1 fully saturated rings. The molecule has 21 heavy (non-hydrogen) atoms. The summed E-state index contributed by atoms with van der Waals surface area (Å²) in [6.45, 7) is 0. The minimum absolute atomic E-state index is 0.00550. The summed E-state index contributed by atoms with van der Waals surface area (Å²) in [6.07, 6.45) is 4.13. The number of carbonyl (C=O) groups is 1. The number of nitrogens with one attached hydrogen (secondary N) is 1. The Morgan fingerprint density at radius 2 is 2.19 bits per heavy atom. The average molecular weight is 351 g/mol. The molecule has 1 aromatic carbocycles. The number of nitrogens with zero attached hydrogens (tertiary/aromatic N) is 1. The lowest BCUT2D eigenvalue weighted by atomic mass is 10.2. The summed E-state index contributed by atoms with van der Waals surface area (Å²) < 4.78 is 7.85. The first-order chi connectivity index (χ1) is 10.1. The molecule has 0 radical (unpaired) electrons. The standard InChI is InChI=1S/C15H15BrN2O3/c1-21-14-5-2-10(7-13(14)19)17-15(20)12-6-9(16)8-18(12)11-3-4-11/h2,5-8,11,19H,3-4H2,1H3,(H,17,20). The number of methoxy groups -OCH3 is 1. The highest BCUT2D eigenvalue weighted by Crippen LogP contribution is 2.37. The molecule has 0 aliphatic heterocycles. The highest BCUT2D eigenvalue weighted by Gasteiger charge is 2.27. The molecule has 6 heteroatoms. The van der Waals surface area contributed by atoms with E-state index in [4.69, 9.17) is 4.74 Å². The van der Waals surface area contributed by atoms with Crippen molar-refractivity contribution in [1.29, 1.82) is 0 Å². The number of aromatic hydroxyl groups is 1. The van der Waals surface area contributed by atoms with Crippen LogP contribution >= 0.6 is 15.9 Å². The van der Waals surface area contributed by atoms with Crippen LogP contribution < -0.4 is 10.1 Å². The number of aromatic nitrogens is 1. The first-order valence-electron chi connectivity index (χ1n) is 6.64. The molecular weight excluding hydrogens is 336 g/mol. The number of phenols is 1. The van der Waals surface area contributed by atoms with Gasteiger partial charge in [-0.05, 0) is 47.0 Å². The number of ether oxygens (including phenoxy) is 1. The molecule has 5 nitrogen and oxygen atoms in total. The fraction of sp³-hybridized carbons (Fsp3) is 0.267. The van der Waals surface area contributed by atoms with Crippen LogP contribution in [0.1, 0.15) is 29.4 Å². The lowest BCUT2D eigenvalue weighted by Gasteiger charge is -2.10. The van der Waals surface area contributed by atoms with Crippen LogP contribution in [0.3, 0.4) is 0 Å². The van der Waals surface area contributed by atoms with E-state index in [2.05, 4.69) is 21.2 Å². The molecule has 0 atom stereocenters. The maximum absolute atomic E-state index is 12.4. The second kappa shape index (κ2) is 5.44. The molecule has 1 amide bonds. The molecule has 1 saturated carbocycles. The predicted octanol–water partition coefficient (Wildman–Crippen LogP) is 3.55. The van der Waals surface area contributed by atoms with E-state index in [0.717, 1.165) is 17.3 Å². The average Bonchev–Trinajstić information content (AvgIpc) is 3.21. The number of phenolic OH excluding ortho intramolecular Hbond substituents is 1. The van der Waals surface area contributed by atoms with Gasteiger partial charge in [-0.3, -0.25) is 4.79 Å². The predicted molar refractivity (Wildman–Crippen MR) is 83.0 cm³/mol. The molecule has 0 unspecified atom stereocenters. The monoisotopic (exact) mass is 350 g/mol. The van der Waals surface area contributed by atoms with E-state index in [1.54, 1.807) is 18.2 Å². The number of halogens is 1. The van der Waals surface area contributed by atoms with Crippen molar-refractivity contribution in [2.45, 2.75) is 18.9 Å². The number of hydrogen-bond donors (Lipinski definition) is 2. The second-order valence-corrected chi connectivity index (χ2v) is 5.94. The third-order valence-electron chi connectivity index (χ3n) is 3.42. The summed E-state index contributed by atoms with van der Waals surface area (Å²) in [5.74, 6) is 0.170. The molecule has 0 spiro atoms. The molecule has 2 aromatic rings. The number of rotatable bonds is 4. The summed E-state index contributed by atoms with van der Waals surface area (Å²) in [4.78, 5) is 12.4. The smallest absolute Gasteiger partial charge is 0.272 e. The van der Waals surface area contributed by atoms with Crippen molar-refractivity contribution in [3.63, 3.8) is 0 Å². The van der Waals surface area contributed by atoms with Crippen LogP contribution in [0.15, 0.2) is 34.9 Å². The maximum atomic E-state index is 12.4. The van der Waals surface area contributed by atoms with Gasteiger partial charge in [-0.15, -0.1) is 0 Å². The Kier molecular flexibility index (Phi) is 3.63. The number of hydrogen-bond acceptors (Lipinski definition) is 3. The summed E-state index contributed by atoms with van der Waals surface area (Å²) in [6, 6.07) is 6.99. The van der Waals surface area contributed by atoms with Gasteiger partial charge in [0.15, 0.2) is 11.5 Å². The lowest BCUT2D eigenvalue weighted by Crippen LogP contribution is -2.16. The maximum Gasteiger partial charge on any atom is 0.272 e. The molecule has 1 aromatic heterocycles. The lowest BCUT2D eigenvalue weighted by molar-refractivity contribution is 0.101. The SMILES string of the molecule is COc1ccc(NC(=O)c2cc(Br)cn2C2CC2)cc1O. The number of amides is 1. The van der Waals surface area contributed by atoms with Gasteiger partial charge in [0.05, 0.1) is 7.11 Å². The largest absolute Gasteiger partial charge is 0.504 e. The first-order valence-corrected chi connectivity index (χ1v) is 7.43. The zero-order chi connectivity index (χ0) is 15.0. The molecule has 0 saturated heterocycles. The Morgan fingerprint density at radius 3 is 2.81 bits per heavy atom. The quantitative estimate of drug-likeness (QED) is 0.886. The van der Waals surface area contributed by atoms with Crippen LogP contribution in [0, 0.1) is 0 Å². The molecule has 2 N–H and O–H groups in total. The number of benzene rings is 1. The van der Waals surface area contributed by atoms with Gasteiger partial charge >= 0.3 is 0 Å². The topological polar surface area (TPSA) is 63.5 Å². The first kappa shape index (κ1) is 14.0. The molecule has 0 bridgehead atoms. The van der Waals surface area contributed by atoms with E-state index in [1.807, 2.05) is 10.8 Å². The molecular formula is C15H15BrN2O3. The van der Waals surface area contributed by atoms with Gasteiger partial charge in [-0.25, -0.2) is 0 Å². The van der Waals surface area contributed by atoms with Crippen LogP contribution in [0.4, 0.5) is 5.69 Å². The molecule has 110 valence electrons. The Labute approximate surface area is 130 Å². The molecule has 3 rings (SSSR count). The summed E-state index contributed by atoms with van der Waals surface area (Å²) >= 11 is 3.41. The van der Waals surface area contributed by atoms with Crippen molar-refractivity contribution < 1.29 is 14.6 Å². The van der Waals surface area contributed by atoms with Crippen LogP contribution in [-0.2, 0) is 0 Å². The summed E-state index contributed by atoms with van der Waals surface area (Å²) in [5, 5.41) is 12.5. The van der Waals surface area contributed by atoms with E-state index in [0.29, 0.717) is 23.2 Å². The molecule has 1 aliphatic carbocycles. The third kappa shape index (κ3) is 2.90. The highest BCUT2D eigenvalue weighted by molar-refractivity contribution is 9.10. The van der Waals surface area contributed by atoms with Gasteiger partial charge in [-0.1, -0.05) is 0 Å². The third-order valence-corrected chi connectivity index (χ3v) is 3.86. The van der Waals surface area contributed by atoms with Gasteiger partial charge in [-0.2, -0.15) is 0 Å². The van der Waals surface area contributed by atoms with Crippen molar-refractivity contribution in [3.05, 3.63) is 40.6 Å². The Hall–Kier alpha value is -1.95. The van der Waals surface area contributed by atoms with E-state index in [-0.39, 0.29) is 11.7 Å². The van der Waals surface area contributed by atoms with Crippen LogP contribution in [0.5, 0.6) is 11.5 Å². The highest BCUT2D eigenvalue weighted by atomic mass is 79.9. The van der Waals surface area contributed by atoms with E-state index < -0.39 is 0 Å². The minimum Gasteiger partial charge on any atom is -0.504 e. The minimum atomic E-state index is -0.197. The van der Waals surface area contributed by atoms with E-state index >= 15 is 0 Å². The number of anilines is 1. The Balaban J connectivity index is 1.81. The van der Waals surface area contributed by atoms with Crippen molar-refractivity contribution >= 4 is 27.5 Å². The summed E-state index contributed by atoms with van der Waals surface area (Å²) in [5.41, 5.74) is 1.14. The van der Waals surface area contributed by atoms with Gasteiger partial charge in [0, 0.05) is 28.5 Å². The van der Waals surface area contributed by atoms with Gasteiger partial charge < -0.3 is 19.7 Å². The number of carbonyl (C=O) groups excluding carboxylic acids is 1. The summed E-state index contributed by atoms with van der Waals surface area (Å²) in [7, 11) is 1.48. The molecule has 1 aliphatic rings.